The molecule has 0 radical (unpaired) electrons. The molecule has 0 N–H and O–H groups in total. The molecule has 1 saturated heterocycles. The lowest BCUT2D eigenvalue weighted by Crippen LogP contribution is -2.11. The van der Waals surface area contributed by atoms with E-state index in [9.17, 15) is 0 Å². The molecule has 0 amide bonds. The molecule has 1 fully saturated rings. The maximum Gasteiger partial charge on any atom is 0.282 e. The van der Waals surface area contributed by atoms with Crippen molar-refractivity contribution in [3.05, 3.63) is 24.2 Å². The van der Waals surface area contributed by atoms with Gasteiger partial charge in [0.25, 0.3) is 5.95 Å². The summed E-state index contributed by atoms with van der Waals surface area (Å²) in [4.78, 5) is 0. The average molecular weight is 140 g/mol. The summed E-state index contributed by atoms with van der Waals surface area (Å²) >= 11 is 0. The molecular weight excluding hydrogens is 128 g/mol. The summed E-state index contributed by atoms with van der Waals surface area (Å²) in [5, 5.41) is 0. The molecule has 1 heterocycles. The van der Waals surface area contributed by atoms with E-state index < -0.39 is 0 Å². The van der Waals surface area contributed by atoms with Crippen molar-refractivity contribution in [2.24, 2.45) is 0 Å². The number of ether oxygens (including phenoxy) is 2. The molecule has 1 aliphatic rings. The number of rotatable bonds is 1. The molecule has 2 nitrogen and oxygen atoms in total. The molecule has 0 unspecified atom stereocenters. The van der Waals surface area contributed by atoms with Crippen LogP contribution in [0.1, 0.15) is 13.3 Å². The van der Waals surface area contributed by atoms with Crippen LogP contribution in [-0.2, 0) is 9.47 Å². The topological polar surface area (TPSA) is 18.5 Å². The number of hydrogen-bond acceptors (Lipinski definition) is 2. The van der Waals surface area contributed by atoms with E-state index in [1.54, 1.807) is 6.08 Å². The van der Waals surface area contributed by atoms with Crippen LogP contribution >= 0.6 is 0 Å². The first kappa shape index (κ1) is 7.19. The normalized spacial score (nSPS) is 17.1. The minimum Gasteiger partial charge on any atom is -0.465 e. The van der Waals surface area contributed by atoms with E-state index in [1.165, 1.54) is 0 Å². The van der Waals surface area contributed by atoms with Gasteiger partial charge < -0.3 is 9.47 Å². The second-order valence-corrected chi connectivity index (χ2v) is 2.23. The Balaban J connectivity index is 2.59. The van der Waals surface area contributed by atoms with Gasteiger partial charge in [0, 0.05) is 12.0 Å². The van der Waals surface area contributed by atoms with Crippen molar-refractivity contribution in [1.29, 1.82) is 0 Å². The van der Waals surface area contributed by atoms with Crippen molar-refractivity contribution in [1.82, 2.24) is 0 Å². The first-order chi connectivity index (χ1) is 4.84. The summed E-state index contributed by atoms with van der Waals surface area (Å²) in [6.45, 7) is 7.07. The van der Waals surface area contributed by atoms with Gasteiger partial charge in [-0.15, -0.1) is 0 Å². The van der Waals surface area contributed by atoms with Gasteiger partial charge in [0.05, 0.1) is 13.2 Å². The molecule has 1 rings (SSSR count). The largest absolute Gasteiger partial charge is 0.465 e. The number of hydrogen-bond donors (Lipinski definition) is 0. The molecule has 0 spiro atoms. The van der Waals surface area contributed by atoms with E-state index in [4.69, 9.17) is 9.47 Å². The smallest absolute Gasteiger partial charge is 0.282 e. The van der Waals surface area contributed by atoms with Crippen LogP contribution in [-0.4, -0.2) is 13.2 Å². The molecule has 56 valence electrons. The molecular formula is C8H12O2. The third-order valence-corrected chi connectivity index (χ3v) is 1.38. The Labute approximate surface area is 61.1 Å². The van der Waals surface area contributed by atoms with E-state index in [0.29, 0.717) is 5.95 Å². The highest BCUT2D eigenvalue weighted by molar-refractivity contribution is 5.14. The van der Waals surface area contributed by atoms with Gasteiger partial charge in [0.1, 0.15) is 0 Å². The first-order valence-corrected chi connectivity index (χ1v) is 3.43. The van der Waals surface area contributed by atoms with Crippen LogP contribution < -0.4 is 0 Å². The van der Waals surface area contributed by atoms with Crippen LogP contribution in [0.4, 0.5) is 0 Å². The zero-order chi connectivity index (χ0) is 7.40. The summed E-state index contributed by atoms with van der Waals surface area (Å²) in [6.07, 6.45) is 2.72. The third-order valence-electron chi connectivity index (χ3n) is 1.38. The summed E-state index contributed by atoms with van der Waals surface area (Å²) in [6, 6.07) is 0. The van der Waals surface area contributed by atoms with E-state index in [0.717, 1.165) is 25.2 Å². The van der Waals surface area contributed by atoms with Crippen molar-refractivity contribution in [2.75, 3.05) is 13.2 Å². The molecule has 0 aromatic heterocycles. The average Bonchev–Trinajstić information content (AvgIpc) is 2.05. The zero-order valence-electron chi connectivity index (χ0n) is 6.22. The molecule has 0 aromatic carbocycles. The molecule has 10 heavy (non-hydrogen) atoms. The first-order valence-electron chi connectivity index (χ1n) is 3.43. The van der Waals surface area contributed by atoms with E-state index in [2.05, 4.69) is 6.58 Å². The molecule has 2 heteroatoms. The maximum absolute atomic E-state index is 5.22. The zero-order valence-corrected chi connectivity index (χ0v) is 6.22. The molecule has 0 aromatic rings. The third kappa shape index (κ3) is 1.53. The summed E-state index contributed by atoms with van der Waals surface area (Å²) in [5.74, 6) is 0.640. The Kier molecular flexibility index (Phi) is 2.37. The predicted octanol–water partition coefficient (Wildman–Crippen LogP) is 1.84. The minimum absolute atomic E-state index is 0.640. The Morgan fingerprint density at radius 3 is 2.60 bits per heavy atom. The molecule has 0 bridgehead atoms. The Morgan fingerprint density at radius 1 is 1.50 bits per heavy atom. The quantitative estimate of drug-likeness (QED) is 0.553. The molecule has 0 aliphatic carbocycles. The lowest BCUT2D eigenvalue weighted by molar-refractivity contribution is -0.0162. The Morgan fingerprint density at radius 2 is 2.10 bits per heavy atom. The number of allylic oxidation sites excluding steroid dienone is 2. The van der Waals surface area contributed by atoms with Crippen molar-refractivity contribution in [3.63, 3.8) is 0 Å². The standard InChI is InChI=1S/C8H12O2/c1-3-7(2)8-9-5-4-6-10-8/h3H,1,4-6H2,2H3. The second-order valence-electron chi connectivity index (χ2n) is 2.23. The van der Waals surface area contributed by atoms with Crippen LogP contribution in [0.2, 0.25) is 0 Å². The monoisotopic (exact) mass is 140 g/mol. The van der Waals surface area contributed by atoms with Gasteiger partial charge >= 0.3 is 0 Å². The molecule has 0 atom stereocenters. The summed E-state index contributed by atoms with van der Waals surface area (Å²) in [5.41, 5.74) is 0.972. The van der Waals surface area contributed by atoms with Gasteiger partial charge in [-0.2, -0.15) is 0 Å². The SMILES string of the molecule is C=CC(C)=C1OCCCO1. The van der Waals surface area contributed by atoms with Gasteiger partial charge in [-0.25, -0.2) is 0 Å². The molecule has 1 aliphatic heterocycles. The lowest BCUT2D eigenvalue weighted by Gasteiger charge is -2.18. The fraction of sp³-hybridized carbons (Fsp3) is 0.500. The van der Waals surface area contributed by atoms with Crippen LogP contribution in [0.15, 0.2) is 24.2 Å². The Bertz CT molecular complexity index is 151. The van der Waals surface area contributed by atoms with Crippen molar-refractivity contribution >= 4 is 0 Å². The second kappa shape index (κ2) is 3.30. The highest BCUT2D eigenvalue weighted by atomic mass is 16.7. The van der Waals surface area contributed by atoms with Crippen LogP contribution in [0, 0.1) is 0 Å². The van der Waals surface area contributed by atoms with Gasteiger partial charge in [-0.3, -0.25) is 0 Å². The van der Waals surface area contributed by atoms with Crippen LogP contribution in [0.25, 0.3) is 0 Å². The Hall–Kier alpha value is -0.920. The van der Waals surface area contributed by atoms with Crippen molar-refractivity contribution in [2.45, 2.75) is 13.3 Å². The minimum atomic E-state index is 0.640. The maximum atomic E-state index is 5.22. The fourth-order valence-corrected chi connectivity index (χ4v) is 0.741. The summed E-state index contributed by atoms with van der Waals surface area (Å²) in [7, 11) is 0. The van der Waals surface area contributed by atoms with Crippen molar-refractivity contribution in [3.8, 4) is 0 Å². The van der Waals surface area contributed by atoms with E-state index >= 15 is 0 Å². The van der Waals surface area contributed by atoms with Gasteiger partial charge in [-0.05, 0) is 6.92 Å². The van der Waals surface area contributed by atoms with Gasteiger partial charge in [-0.1, -0.05) is 12.7 Å². The predicted molar refractivity (Wildman–Crippen MR) is 39.4 cm³/mol. The van der Waals surface area contributed by atoms with Crippen LogP contribution in [0.3, 0.4) is 0 Å². The van der Waals surface area contributed by atoms with Crippen molar-refractivity contribution < 1.29 is 9.47 Å². The highest BCUT2D eigenvalue weighted by Crippen LogP contribution is 2.13. The van der Waals surface area contributed by atoms with Crippen LogP contribution in [0.5, 0.6) is 0 Å². The lowest BCUT2D eigenvalue weighted by atomic mass is 10.3. The fourth-order valence-electron chi connectivity index (χ4n) is 0.741. The van der Waals surface area contributed by atoms with Gasteiger partial charge in [0.15, 0.2) is 0 Å². The van der Waals surface area contributed by atoms with E-state index in [1.807, 2.05) is 6.92 Å². The van der Waals surface area contributed by atoms with E-state index in [-0.39, 0.29) is 0 Å². The molecule has 0 saturated carbocycles. The highest BCUT2D eigenvalue weighted by Gasteiger charge is 2.07. The van der Waals surface area contributed by atoms with Gasteiger partial charge in [0.2, 0.25) is 0 Å². The summed E-state index contributed by atoms with van der Waals surface area (Å²) < 4.78 is 10.4.